The van der Waals surface area contributed by atoms with Crippen LogP contribution >= 0.6 is 11.3 Å². The number of thiophene rings is 1. The van der Waals surface area contributed by atoms with E-state index >= 15 is 0 Å². The second kappa shape index (κ2) is 11.6. The molecule has 4 rings (SSSR count). The van der Waals surface area contributed by atoms with Crippen LogP contribution in [0.25, 0.3) is 11.1 Å². The number of benzene rings is 3. The minimum Gasteiger partial charge on any atom is -0.403 e. The Kier molecular flexibility index (Phi) is 8.48. The van der Waals surface area contributed by atoms with Crippen molar-refractivity contribution < 1.29 is 9.22 Å². The van der Waals surface area contributed by atoms with E-state index in [2.05, 4.69) is 118 Å². The molecule has 3 aromatic carbocycles. The number of rotatable bonds is 8. The standard InChI is InChI=1S/C32H36NO2SSi/c1-22-25(21-35-37(26-13-9-7-10-14-26)27-15-11-8-12-16-27)19-29(23(2)31(22)32(4,5)6)28-17-18-36-30(28)20-33-24(3)34/h7-19H,20-21H2,1-6H3,(H,33,34). The molecule has 1 radical (unpaired) electrons. The molecule has 1 amide bonds. The summed E-state index contributed by atoms with van der Waals surface area (Å²) in [6.45, 7) is 14.0. The summed E-state index contributed by atoms with van der Waals surface area (Å²) in [7, 11) is -1.41. The molecule has 3 nitrogen and oxygen atoms in total. The van der Waals surface area contributed by atoms with Crippen LogP contribution in [-0.4, -0.2) is 14.9 Å². The molecule has 37 heavy (non-hydrogen) atoms. The first-order valence-corrected chi connectivity index (χ1v) is 15.0. The highest BCUT2D eigenvalue weighted by molar-refractivity contribution is 7.10. The summed E-state index contributed by atoms with van der Waals surface area (Å²) in [4.78, 5) is 12.8. The van der Waals surface area contributed by atoms with E-state index < -0.39 is 9.04 Å². The molecule has 0 aliphatic heterocycles. The second-order valence-electron chi connectivity index (χ2n) is 10.5. The molecule has 5 heteroatoms. The molecule has 4 aromatic rings. The van der Waals surface area contributed by atoms with E-state index in [4.69, 9.17) is 4.43 Å². The van der Waals surface area contributed by atoms with Crippen LogP contribution < -0.4 is 15.7 Å². The lowest BCUT2D eigenvalue weighted by molar-refractivity contribution is -0.119. The zero-order valence-corrected chi connectivity index (χ0v) is 24.5. The molecule has 0 atom stereocenters. The Morgan fingerprint density at radius 3 is 2.03 bits per heavy atom. The van der Waals surface area contributed by atoms with Crippen LogP contribution in [-0.2, 0) is 27.8 Å². The molecule has 0 spiro atoms. The fraction of sp³-hybridized carbons (Fsp3) is 0.281. The normalized spacial score (nSPS) is 11.6. The lowest BCUT2D eigenvalue weighted by atomic mass is 9.77. The van der Waals surface area contributed by atoms with E-state index in [0.717, 1.165) is 0 Å². The van der Waals surface area contributed by atoms with Gasteiger partial charge in [0.25, 0.3) is 9.04 Å². The molecule has 0 saturated carbocycles. The number of nitrogens with one attached hydrogen (secondary N) is 1. The van der Waals surface area contributed by atoms with Crippen LogP contribution in [0.5, 0.6) is 0 Å². The first-order valence-electron chi connectivity index (χ1n) is 12.7. The van der Waals surface area contributed by atoms with Gasteiger partial charge in [-0.15, -0.1) is 11.3 Å². The van der Waals surface area contributed by atoms with Gasteiger partial charge in [-0.2, -0.15) is 0 Å². The van der Waals surface area contributed by atoms with Crippen molar-refractivity contribution in [1.82, 2.24) is 5.32 Å². The van der Waals surface area contributed by atoms with Gasteiger partial charge in [-0.1, -0.05) is 81.4 Å². The van der Waals surface area contributed by atoms with Crippen molar-refractivity contribution in [2.24, 2.45) is 0 Å². The number of amides is 1. The zero-order valence-electron chi connectivity index (χ0n) is 22.6. The van der Waals surface area contributed by atoms with Crippen LogP contribution in [0.1, 0.15) is 54.8 Å². The van der Waals surface area contributed by atoms with Gasteiger partial charge in [0, 0.05) is 11.8 Å². The van der Waals surface area contributed by atoms with Crippen LogP contribution in [0.15, 0.2) is 78.2 Å². The summed E-state index contributed by atoms with van der Waals surface area (Å²) in [5.74, 6) is -0.0130. The average Bonchev–Trinajstić information content (AvgIpc) is 3.33. The van der Waals surface area contributed by atoms with Crippen molar-refractivity contribution in [3.05, 3.63) is 105 Å². The minimum absolute atomic E-state index is 0.0130. The topological polar surface area (TPSA) is 38.3 Å². The Bertz CT molecular complexity index is 1320. The van der Waals surface area contributed by atoms with Crippen molar-refractivity contribution in [3.8, 4) is 11.1 Å². The Labute approximate surface area is 227 Å². The molecule has 0 aliphatic rings. The van der Waals surface area contributed by atoms with Crippen molar-refractivity contribution in [2.45, 2.75) is 60.1 Å². The fourth-order valence-electron chi connectivity index (χ4n) is 5.11. The van der Waals surface area contributed by atoms with E-state index in [0.29, 0.717) is 13.2 Å². The molecule has 191 valence electrons. The number of hydrogen-bond donors (Lipinski definition) is 1. The Hall–Kier alpha value is -2.99. The van der Waals surface area contributed by atoms with Gasteiger partial charge in [-0.05, 0) is 80.5 Å². The predicted molar refractivity (Wildman–Crippen MR) is 158 cm³/mol. The molecule has 0 unspecified atom stereocenters. The number of carbonyl (C=O) groups excluding carboxylic acids is 1. The SMILES string of the molecule is CC(=O)NCc1sccc1-c1cc(CO[Si](c2ccccc2)c2ccccc2)c(C)c(C(C)(C)C)c1C. The molecule has 0 fully saturated rings. The fourth-order valence-corrected chi connectivity index (χ4v) is 7.89. The molecular weight excluding hydrogens is 491 g/mol. The molecule has 0 aliphatic carbocycles. The van der Waals surface area contributed by atoms with Crippen molar-refractivity contribution >= 4 is 36.7 Å². The summed E-state index contributed by atoms with van der Waals surface area (Å²) in [6, 6.07) is 25.7. The van der Waals surface area contributed by atoms with Gasteiger partial charge in [-0.3, -0.25) is 4.79 Å². The summed E-state index contributed by atoms with van der Waals surface area (Å²) >= 11 is 1.69. The summed E-state index contributed by atoms with van der Waals surface area (Å²) in [5.41, 5.74) is 7.59. The third-order valence-electron chi connectivity index (χ3n) is 6.68. The lowest BCUT2D eigenvalue weighted by Crippen LogP contribution is -2.44. The molecular formula is C32H36NO2SSi. The molecule has 1 N–H and O–H groups in total. The van der Waals surface area contributed by atoms with E-state index in [-0.39, 0.29) is 11.3 Å². The van der Waals surface area contributed by atoms with Gasteiger partial charge < -0.3 is 9.74 Å². The lowest BCUT2D eigenvalue weighted by Gasteiger charge is -2.29. The van der Waals surface area contributed by atoms with Crippen molar-refractivity contribution in [2.75, 3.05) is 0 Å². The van der Waals surface area contributed by atoms with E-state index in [1.165, 1.54) is 48.6 Å². The van der Waals surface area contributed by atoms with Gasteiger partial charge in [-0.25, -0.2) is 0 Å². The van der Waals surface area contributed by atoms with Crippen molar-refractivity contribution in [3.63, 3.8) is 0 Å². The largest absolute Gasteiger partial charge is 0.403 e. The summed E-state index contributed by atoms with van der Waals surface area (Å²) < 4.78 is 6.82. The maximum absolute atomic E-state index is 11.6. The quantitative estimate of drug-likeness (QED) is 0.274. The van der Waals surface area contributed by atoms with Gasteiger partial charge >= 0.3 is 0 Å². The average molecular weight is 527 g/mol. The maximum atomic E-state index is 11.6. The van der Waals surface area contributed by atoms with Crippen LogP contribution in [0.3, 0.4) is 0 Å². The van der Waals surface area contributed by atoms with Crippen LogP contribution in [0.4, 0.5) is 0 Å². The van der Waals surface area contributed by atoms with Gasteiger partial charge in [0.1, 0.15) is 0 Å². The van der Waals surface area contributed by atoms with Crippen molar-refractivity contribution in [1.29, 1.82) is 0 Å². The van der Waals surface area contributed by atoms with Crippen LogP contribution in [0, 0.1) is 13.8 Å². The van der Waals surface area contributed by atoms with E-state index in [9.17, 15) is 4.79 Å². The van der Waals surface area contributed by atoms with Crippen LogP contribution in [0.2, 0.25) is 0 Å². The van der Waals surface area contributed by atoms with Gasteiger partial charge in [0.2, 0.25) is 5.91 Å². The monoisotopic (exact) mass is 526 g/mol. The Balaban J connectivity index is 1.77. The molecule has 0 saturated heterocycles. The maximum Gasteiger partial charge on any atom is 0.283 e. The highest BCUT2D eigenvalue weighted by Crippen LogP contribution is 2.39. The second-order valence-corrected chi connectivity index (χ2v) is 13.6. The molecule has 0 bridgehead atoms. The van der Waals surface area contributed by atoms with E-state index in [1.54, 1.807) is 18.3 Å². The number of hydrogen-bond acceptors (Lipinski definition) is 3. The third-order valence-corrected chi connectivity index (χ3v) is 9.75. The minimum atomic E-state index is -1.41. The Morgan fingerprint density at radius 2 is 1.49 bits per heavy atom. The number of carbonyl (C=O) groups is 1. The zero-order chi connectivity index (χ0) is 26.6. The summed E-state index contributed by atoms with van der Waals surface area (Å²) in [5, 5.41) is 7.58. The first-order chi connectivity index (χ1) is 17.7. The Morgan fingerprint density at radius 1 is 0.892 bits per heavy atom. The smallest absolute Gasteiger partial charge is 0.283 e. The molecule has 1 aromatic heterocycles. The molecule has 1 heterocycles. The highest BCUT2D eigenvalue weighted by Gasteiger charge is 2.26. The predicted octanol–water partition coefficient (Wildman–Crippen LogP) is 6.29. The first kappa shape index (κ1) is 27.1. The van der Waals surface area contributed by atoms with E-state index in [1.807, 2.05) is 0 Å². The summed E-state index contributed by atoms with van der Waals surface area (Å²) in [6.07, 6.45) is 0. The van der Waals surface area contributed by atoms with Gasteiger partial charge in [0.15, 0.2) is 0 Å². The third kappa shape index (κ3) is 6.29. The highest BCUT2D eigenvalue weighted by atomic mass is 32.1. The van der Waals surface area contributed by atoms with Gasteiger partial charge in [0.05, 0.1) is 13.2 Å².